The molecule has 0 unspecified atom stereocenters. The van der Waals surface area contributed by atoms with Crippen molar-refractivity contribution in [3.8, 4) is 0 Å². The highest BCUT2D eigenvalue weighted by Gasteiger charge is 2.39. The van der Waals surface area contributed by atoms with Crippen molar-refractivity contribution in [2.45, 2.75) is 5.60 Å². The van der Waals surface area contributed by atoms with Gasteiger partial charge >= 0.3 is 0 Å². The van der Waals surface area contributed by atoms with Crippen LogP contribution in [0.3, 0.4) is 0 Å². The van der Waals surface area contributed by atoms with E-state index in [1.807, 2.05) is 12.1 Å². The number of carbonyl (C=O) groups is 1. The number of hydrazone groups is 1. The molecule has 2 N–H and O–H groups in total. The molecule has 7 heteroatoms. The van der Waals surface area contributed by atoms with Gasteiger partial charge < -0.3 is 9.52 Å². The molecule has 3 rings (SSSR count). The second kappa shape index (κ2) is 7.99. The number of halogens is 2. The van der Waals surface area contributed by atoms with Crippen LogP contribution < -0.4 is 5.43 Å². The van der Waals surface area contributed by atoms with E-state index in [9.17, 15) is 9.90 Å². The molecule has 5 nitrogen and oxygen atoms in total. The number of carbonyl (C=O) groups excluding carboxylic acids is 1. The van der Waals surface area contributed by atoms with Crippen molar-refractivity contribution in [2.24, 2.45) is 5.10 Å². The van der Waals surface area contributed by atoms with Crippen molar-refractivity contribution < 1.29 is 14.3 Å². The Labute approximate surface area is 167 Å². The molecule has 26 heavy (non-hydrogen) atoms. The Morgan fingerprint density at radius 3 is 2.04 bits per heavy atom. The maximum Gasteiger partial charge on any atom is 0.281 e. The fraction of sp³-hybridized carbons (Fsp3) is 0.0526. The summed E-state index contributed by atoms with van der Waals surface area (Å²) in [5.74, 6) is -0.233. The first-order chi connectivity index (χ1) is 12.5. The highest BCUT2D eigenvalue weighted by atomic mass is 79.9. The number of nitrogens with zero attached hydrogens (tertiary/aromatic N) is 1. The molecule has 1 amide bonds. The zero-order valence-corrected chi connectivity index (χ0v) is 16.6. The molecule has 0 aliphatic carbocycles. The number of hydrogen-bond acceptors (Lipinski definition) is 4. The van der Waals surface area contributed by atoms with Crippen molar-refractivity contribution in [3.63, 3.8) is 0 Å². The maximum absolute atomic E-state index is 12.8. The van der Waals surface area contributed by atoms with Crippen LogP contribution in [0.15, 0.2) is 85.4 Å². The summed E-state index contributed by atoms with van der Waals surface area (Å²) < 4.78 is 6.61. The molecular weight excluding hydrogens is 464 g/mol. The Bertz CT molecular complexity index is 865. The van der Waals surface area contributed by atoms with Gasteiger partial charge in [-0.25, -0.2) is 5.43 Å². The minimum atomic E-state index is -1.87. The molecule has 0 saturated heterocycles. The third-order valence-electron chi connectivity index (χ3n) is 3.73. The van der Waals surface area contributed by atoms with Gasteiger partial charge in [-0.1, -0.05) is 60.7 Å². The minimum Gasteiger partial charge on any atom is -0.447 e. The summed E-state index contributed by atoms with van der Waals surface area (Å²) in [5, 5.41) is 15.1. The van der Waals surface area contributed by atoms with E-state index in [1.165, 1.54) is 6.21 Å². The molecule has 1 aromatic heterocycles. The molecule has 0 saturated carbocycles. The summed E-state index contributed by atoms with van der Waals surface area (Å²) in [6.07, 6.45) is 1.35. The average molecular weight is 478 g/mol. The third kappa shape index (κ3) is 3.80. The maximum atomic E-state index is 12.8. The first-order valence-corrected chi connectivity index (χ1v) is 9.22. The van der Waals surface area contributed by atoms with Crippen LogP contribution in [-0.2, 0) is 10.4 Å². The Morgan fingerprint density at radius 2 is 1.58 bits per heavy atom. The van der Waals surface area contributed by atoms with E-state index >= 15 is 0 Å². The van der Waals surface area contributed by atoms with Crippen LogP contribution in [0.25, 0.3) is 0 Å². The van der Waals surface area contributed by atoms with Crippen molar-refractivity contribution in [2.75, 3.05) is 0 Å². The Hall–Kier alpha value is -2.22. The van der Waals surface area contributed by atoms with E-state index in [4.69, 9.17) is 4.42 Å². The topological polar surface area (TPSA) is 74.8 Å². The minimum absolute atomic E-state index is 0.437. The number of aliphatic hydroxyl groups is 1. The number of benzene rings is 2. The van der Waals surface area contributed by atoms with Gasteiger partial charge in [0.05, 0.1) is 10.7 Å². The van der Waals surface area contributed by atoms with Gasteiger partial charge in [0.1, 0.15) is 5.76 Å². The number of hydrogen-bond donors (Lipinski definition) is 2. The summed E-state index contributed by atoms with van der Waals surface area (Å²) in [6, 6.07) is 19.1. The molecule has 0 bridgehead atoms. The molecule has 0 atom stereocenters. The predicted octanol–water partition coefficient (Wildman–Crippen LogP) is 4.19. The molecule has 3 aromatic rings. The normalized spacial score (nSPS) is 11.7. The summed E-state index contributed by atoms with van der Waals surface area (Å²) in [7, 11) is 0. The van der Waals surface area contributed by atoms with Crippen molar-refractivity contribution >= 4 is 44.0 Å². The van der Waals surface area contributed by atoms with E-state index in [2.05, 4.69) is 42.4 Å². The van der Waals surface area contributed by atoms with Crippen LogP contribution >= 0.6 is 31.9 Å². The van der Waals surface area contributed by atoms with Crippen LogP contribution in [0, 0.1) is 0 Å². The van der Waals surface area contributed by atoms with Crippen molar-refractivity contribution in [1.29, 1.82) is 0 Å². The standard InChI is InChI=1S/C19H14Br2N2O3/c20-16-11-15(26-17(16)21)12-22-23-18(24)19(25,13-7-3-1-4-8-13)14-9-5-2-6-10-14/h1-12,25H,(H,23,24)/b22-12-. The Balaban J connectivity index is 1.88. The molecule has 1 heterocycles. The van der Waals surface area contributed by atoms with Gasteiger partial charge in [0.2, 0.25) is 0 Å². The molecule has 2 aromatic carbocycles. The summed E-state index contributed by atoms with van der Waals surface area (Å²) in [6.45, 7) is 0. The lowest BCUT2D eigenvalue weighted by atomic mass is 9.85. The number of amides is 1. The molecule has 0 aliphatic heterocycles. The highest BCUT2D eigenvalue weighted by Crippen LogP contribution is 2.30. The number of furan rings is 1. The first-order valence-electron chi connectivity index (χ1n) is 7.63. The van der Waals surface area contributed by atoms with Gasteiger partial charge in [-0.05, 0) is 43.0 Å². The second-order valence-electron chi connectivity index (χ2n) is 5.41. The summed E-state index contributed by atoms with van der Waals surface area (Å²) >= 11 is 6.53. The lowest BCUT2D eigenvalue weighted by Gasteiger charge is -2.26. The van der Waals surface area contributed by atoms with Gasteiger partial charge in [-0.2, -0.15) is 5.10 Å². The fourth-order valence-corrected chi connectivity index (χ4v) is 3.06. The largest absolute Gasteiger partial charge is 0.447 e. The van der Waals surface area contributed by atoms with Crippen LogP contribution in [0.1, 0.15) is 16.9 Å². The SMILES string of the molecule is O=C(N/N=C\c1cc(Br)c(Br)o1)C(O)(c1ccccc1)c1ccccc1. The predicted molar refractivity (Wildman–Crippen MR) is 106 cm³/mol. The van der Waals surface area contributed by atoms with E-state index in [0.717, 1.165) is 4.47 Å². The Morgan fingerprint density at radius 1 is 1.04 bits per heavy atom. The number of rotatable bonds is 5. The highest BCUT2D eigenvalue weighted by molar-refractivity contribution is 9.13. The third-order valence-corrected chi connectivity index (χ3v) is 5.44. The zero-order chi connectivity index (χ0) is 18.6. The van der Waals surface area contributed by atoms with Crippen LogP contribution in [0.2, 0.25) is 0 Å². The van der Waals surface area contributed by atoms with Crippen LogP contribution in [0.5, 0.6) is 0 Å². The lowest BCUT2D eigenvalue weighted by molar-refractivity contribution is -0.136. The smallest absolute Gasteiger partial charge is 0.281 e. The first kappa shape index (κ1) is 18.6. The van der Waals surface area contributed by atoms with Crippen LogP contribution in [0.4, 0.5) is 0 Å². The van der Waals surface area contributed by atoms with Crippen LogP contribution in [-0.4, -0.2) is 17.2 Å². The van der Waals surface area contributed by atoms with E-state index in [0.29, 0.717) is 21.6 Å². The van der Waals surface area contributed by atoms with E-state index < -0.39 is 11.5 Å². The second-order valence-corrected chi connectivity index (χ2v) is 6.99. The van der Waals surface area contributed by atoms with Gasteiger partial charge in [0, 0.05) is 6.07 Å². The molecule has 0 aliphatic rings. The summed E-state index contributed by atoms with van der Waals surface area (Å²) in [5.41, 5.74) is 1.41. The van der Waals surface area contributed by atoms with Gasteiger partial charge in [0.25, 0.3) is 5.91 Å². The van der Waals surface area contributed by atoms with Crippen molar-refractivity contribution in [3.05, 3.63) is 92.8 Å². The monoisotopic (exact) mass is 476 g/mol. The molecule has 0 radical (unpaired) electrons. The summed E-state index contributed by atoms with van der Waals surface area (Å²) in [4.78, 5) is 12.8. The molecule has 132 valence electrons. The quantitative estimate of drug-likeness (QED) is 0.427. The van der Waals surface area contributed by atoms with E-state index in [1.54, 1.807) is 54.6 Å². The Kier molecular flexibility index (Phi) is 5.70. The lowest BCUT2D eigenvalue weighted by Crippen LogP contribution is -2.43. The fourth-order valence-electron chi connectivity index (χ4n) is 2.45. The average Bonchev–Trinajstić information content (AvgIpc) is 3.00. The molecule has 0 spiro atoms. The van der Waals surface area contributed by atoms with E-state index in [-0.39, 0.29) is 0 Å². The van der Waals surface area contributed by atoms with Gasteiger partial charge in [-0.15, -0.1) is 0 Å². The van der Waals surface area contributed by atoms with Gasteiger partial charge in [-0.3, -0.25) is 4.79 Å². The molecule has 0 fully saturated rings. The molecular formula is C19H14Br2N2O3. The van der Waals surface area contributed by atoms with Gasteiger partial charge in [0.15, 0.2) is 10.3 Å². The number of nitrogens with one attached hydrogen (secondary N) is 1. The van der Waals surface area contributed by atoms with Crippen molar-refractivity contribution in [1.82, 2.24) is 5.43 Å². The zero-order valence-electron chi connectivity index (χ0n) is 13.4.